The van der Waals surface area contributed by atoms with Crippen LogP contribution in [0.15, 0.2) is 0 Å². The van der Waals surface area contributed by atoms with Gasteiger partial charge in [-0.2, -0.15) is 0 Å². The average Bonchev–Trinajstić information content (AvgIpc) is 2.33. The Hall–Kier alpha value is 0.639. The van der Waals surface area contributed by atoms with Crippen molar-refractivity contribution in [3.05, 3.63) is 7.43 Å². The van der Waals surface area contributed by atoms with E-state index in [0.29, 0.717) is 6.47 Å². The molecule has 2 aliphatic carbocycles. The Balaban J connectivity index is -0.000000393. The summed E-state index contributed by atoms with van der Waals surface area (Å²) in [4.78, 5) is 8.24. The molecule has 2 aliphatic rings. The summed E-state index contributed by atoms with van der Waals surface area (Å²) in [6.07, 6.45) is 16.9. The van der Waals surface area contributed by atoms with E-state index in [1.165, 1.54) is 38.5 Å². The van der Waals surface area contributed by atoms with Gasteiger partial charge in [-0.05, 0) is 18.3 Å². The van der Waals surface area contributed by atoms with E-state index in [0.717, 1.165) is 11.8 Å². The minimum atomic E-state index is 0. The molecule has 0 aromatic carbocycles. The largest absolute Gasteiger partial charge is 0.665 e. The van der Waals surface area contributed by atoms with Crippen molar-refractivity contribution in [2.45, 2.75) is 70.6 Å². The van der Waals surface area contributed by atoms with Gasteiger partial charge >= 0.3 is 0 Å². The Morgan fingerprint density at radius 2 is 1.11 bits per heavy atom. The molecule has 0 aromatic rings. The predicted octanol–water partition coefficient (Wildman–Crippen LogP) is 4.22. The first-order chi connectivity index (χ1) is 7.86. The zero-order chi connectivity index (χ0) is 11.6. The molecule has 0 amide bonds. The zero-order valence-electron chi connectivity index (χ0n) is 12.4. The smallest absolute Gasteiger partial charge is 0 e. The van der Waals surface area contributed by atoms with Gasteiger partial charge in [-0.15, -0.1) is 0 Å². The van der Waals surface area contributed by atoms with Crippen LogP contribution in [-0.2, 0) is 37.5 Å². The molecule has 0 heterocycles. The molecule has 4 heteroatoms. The van der Waals surface area contributed by atoms with Gasteiger partial charge in [0.2, 0.25) is 0 Å². The van der Waals surface area contributed by atoms with Gasteiger partial charge in [0.05, 0.1) is 0 Å². The molecule has 0 saturated heterocycles. The van der Waals surface area contributed by atoms with E-state index >= 15 is 0 Å². The maximum Gasteiger partial charge on any atom is 0 e. The van der Waals surface area contributed by atoms with Crippen molar-refractivity contribution in [3.8, 4) is 0 Å². The van der Waals surface area contributed by atoms with Crippen molar-refractivity contribution in [3.63, 3.8) is 0 Å². The van der Waals surface area contributed by atoms with Gasteiger partial charge in [0.25, 0.3) is 0 Å². The summed E-state index contributed by atoms with van der Waals surface area (Å²) in [6.45, 7) is 0.500. The molecule has 2 fully saturated rings. The Bertz CT molecular complexity index is 163. The molecule has 0 bridgehead atoms. The summed E-state index contributed by atoms with van der Waals surface area (Å²) in [5.41, 5.74) is 0. The molecule has 4 radical (unpaired) electrons. The van der Waals surface area contributed by atoms with E-state index in [-0.39, 0.29) is 48.5 Å². The van der Waals surface area contributed by atoms with E-state index in [9.17, 15) is 0 Å². The third kappa shape index (κ3) is 12.1. The molecule has 108 valence electrons. The average molecular weight is 340 g/mol. The summed E-state index contributed by atoms with van der Waals surface area (Å²) in [6, 6.07) is 0. The van der Waals surface area contributed by atoms with Gasteiger partial charge in [-0.1, -0.05) is 70.7 Å². The van der Waals surface area contributed by atoms with E-state index in [2.05, 4.69) is 0 Å². The first kappa shape index (κ1) is 24.6. The van der Waals surface area contributed by atoms with Crippen molar-refractivity contribution in [2.24, 2.45) is 11.8 Å². The van der Waals surface area contributed by atoms with Crippen LogP contribution in [-0.4, -0.2) is 20.0 Å². The molecule has 2 saturated carbocycles. The maximum absolute atomic E-state index is 8.24. The van der Waals surface area contributed by atoms with Crippen LogP contribution in [0.1, 0.15) is 70.6 Å². The molecule has 1 N–H and O–H groups in total. The molecule has 0 unspecified atom stereocenters. The Morgan fingerprint density at radius 3 is 1.37 bits per heavy atom. The van der Waals surface area contributed by atoms with E-state index in [4.69, 9.17) is 9.90 Å². The first-order valence-corrected chi connectivity index (χ1v) is 6.88. The molecular weight excluding hydrogens is 312 g/mol. The van der Waals surface area contributed by atoms with Crippen LogP contribution < -0.4 is 0 Å². The Kier molecular flexibility index (Phi) is 21.7. The van der Waals surface area contributed by atoms with Crippen LogP contribution >= 0.6 is 0 Å². The Labute approximate surface area is 147 Å². The summed E-state index contributed by atoms with van der Waals surface area (Å²) in [7, 11) is 0. The quantitative estimate of drug-likeness (QED) is 0.604. The normalized spacial score (nSPS) is 19.6. The van der Waals surface area contributed by atoms with Crippen LogP contribution in [0.3, 0.4) is 0 Å². The Morgan fingerprint density at radius 1 is 0.842 bits per heavy atom. The molecule has 0 spiro atoms. The first-order valence-electron chi connectivity index (χ1n) is 6.88. The zero-order valence-corrected chi connectivity index (χ0v) is 15.3. The second-order valence-electron chi connectivity index (χ2n) is 5.34. The van der Waals surface area contributed by atoms with Crippen LogP contribution in [0, 0.1) is 19.3 Å². The van der Waals surface area contributed by atoms with Gasteiger partial charge in [-0.3, -0.25) is 0 Å². The molecule has 2 rings (SSSR count). The van der Waals surface area contributed by atoms with Crippen molar-refractivity contribution in [1.82, 2.24) is 0 Å². The predicted molar refractivity (Wildman–Crippen MR) is 78.3 cm³/mol. The minimum Gasteiger partial charge on any atom is -0.665 e. The van der Waals surface area contributed by atoms with Crippen molar-refractivity contribution < 1.29 is 42.6 Å². The topological polar surface area (TPSA) is 37.3 Å². The molecule has 19 heavy (non-hydrogen) atoms. The standard InChI is InChI=1S/C13H24.CHO2.CH3.B.Y/c1-3-7-12(8-4-1)11-13-9-5-2-6-10-13;2-1-3;;;/h12-13H,1-11H2;(H,2,3);1H3;;/q;2*-1;;. The molecular formula is C15H28BO2Y-2. The number of hydrogen-bond donors (Lipinski definition) is 1. The van der Waals surface area contributed by atoms with E-state index < -0.39 is 0 Å². The second-order valence-corrected chi connectivity index (χ2v) is 5.34. The van der Waals surface area contributed by atoms with E-state index in [1.807, 2.05) is 0 Å². The fraction of sp³-hybridized carbons (Fsp3) is 0.867. The van der Waals surface area contributed by atoms with Crippen LogP contribution in [0.4, 0.5) is 0 Å². The van der Waals surface area contributed by atoms with Crippen LogP contribution in [0.5, 0.6) is 0 Å². The van der Waals surface area contributed by atoms with Gasteiger partial charge < -0.3 is 17.3 Å². The molecule has 0 aromatic heterocycles. The minimum absolute atomic E-state index is 0. The maximum atomic E-state index is 8.24. The molecule has 2 nitrogen and oxygen atoms in total. The van der Waals surface area contributed by atoms with Crippen molar-refractivity contribution in [2.75, 3.05) is 0 Å². The van der Waals surface area contributed by atoms with Gasteiger partial charge in [0.1, 0.15) is 0 Å². The summed E-state index contributed by atoms with van der Waals surface area (Å²) < 4.78 is 0. The van der Waals surface area contributed by atoms with Crippen LogP contribution in [0.25, 0.3) is 0 Å². The third-order valence-electron chi connectivity index (χ3n) is 4.12. The van der Waals surface area contributed by atoms with Crippen molar-refractivity contribution in [1.29, 1.82) is 0 Å². The summed E-state index contributed by atoms with van der Waals surface area (Å²) in [5, 5.41) is 6.76. The van der Waals surface area contributed by atoms with Crippen LogP contribution in [0.2, 0.25) is 0 Å². The number of hydrogen-bond acceptors (Lipinski definition) is 1. The SMILES string of the molecule is C1CCC(CC2CCCCC2)CC1.O=[C-]O.[B].[CH3-].[Y]. The van der Waals surface area contributed by atoms with Gasteiger partial charge in [-0.25, -0.2) is 0 Å². The molecule has 0 aliphatic heterocycles. The fourth-order valence-electron chi connectivity index (χ4n) is 3.32. The van der Waals surface area contributed by atoms with Gasteiger partial charge in [0, 0.05) is 41.1 Å². The summed E-state index contributed by atoms with van der Waals surface area (Å²) in [5.74, 6) is 2.24. The monoisotopic (exact) mass is 340 g/mol. The van der Waals surface area contributed by atoms with Gasteiger partial charge in [0.15, 0.2) is 0 Å². The van der Waals surface area contributed by atoms with Crippen molar-refractivity contribution >= 4 is 14.9 Å². The second kappa shape index (κ2) is 16.7. The molecule has 0 atom stereocenters. The third-order valence-corrected chi connectivity index (χ3v) is 4.12. The number of aliphatic hydroxyl groups excluding tert-OH is 1. The summed E-state index contributed by atoms with van der Waals surface area (Å²) >= 11 is 0. The fourth-order valence-corrected chi connectivity index (χ4v) is 3.32. The number of rotatable bonds is 2. The van der Waals surface area contributed by atoms with E-state index in [1.54, 1.807) is 32.1 Å².